The van der Waals surface area contributed by atoms with Crippen molar-refractivity contribution >= 4 is 13.7 Å². The molecule has 0 aromatic heterocycles. The van der Waals surface area contributed by atoms with Crippen molar-refractivity contribution in [1.29, 1.82) is 0 Å². The van der Waals surface area contributed by atoms with Crippen molar-refractivity contribution < 1.29 is 38.6 Å². The molecule has 5 N–H and O–H groups in total. The molecular weight excluding hydrogens is 269 g/mol. The molecule has 1 amide bonds. The fraction of sp³-hybridized carbons (Fsp3) is 0.875. The SMILES string of the molecule is CC(=O)N[C@@H]1CO[C@H](COP(=O)(O)O)[C@@H](O)[C@@H]1O. The molecule has 0 spiro atoms. The largest absolute Gasteiger partial charge is 0.469 e. The van der Waals surface area contributed by atoms with E-state index in [1.54, 1.807) is 0 Å². The Bertz CT molecular complexity index is 344. The van der Waals surface area contributed by atoms with Crippen molar-refractivity contribution in [2.24, 2.45) is 0 Å². The van der Waals surface area contributed by atoms with Gasteiger partial charge in [0.25, 0.3) is 0 Å². The van der Waals surface area contributed by atoms with E-state index in [-0.39, 0.29) is 12.5 Å². The normalized spacial score (nSPS) is 33.2. The number of amides is 1. The molecule has 1 heterocycles. The fourth-order valence-electron chi connectivity index (χ4n) is 1.59. The maximum atomic E-state index is 10.8. The summed E-state index contributed by atoms with van der Waals surface area (Å²) in [4.78, 5) is 27.8. The lowest BCUT2D eigenvalue weighted by Crippen LogP contribution is -2.59. The zero-order valence-electron chi connectivity index (χ0n) is 9.59. The summed E-state index contributed by atoms with van der Waals surface area (Å²) in [6.07, 6.45) is -3.78. The minimum Gasteiger partial charge on any atom is -0.388 e. The summed E-state index contributed by atoms with van der Waals surface area (Å²) in [5.74, 6) is -0.389. The van der Waals surface area contributed by atoms with E-state index in [0.717, 1.165) is 0 Å². The first-order chi connectivity index (χ1) is 8.20. The molecule has 1 aliphatic rings. The van der Waals surface area contributed by atoms with Gasteiger partial charge in [-0.15, -0.1) is 0 Å². The molecule has 0 saturated carbocycles. The third-order valence-corrected chi connectivity index (χ3v) is 2.91. The van der Waals surface area contributed by atoms with E-state index in [1.165, 1.54) is 6.92 Å². The quantitative estimate of drug-likeness (QED) is 0.363. The third-order valence-electron chi connectivity index (χ3n) is 2.43. The van der Waals surface area contributed by atoms with Gasteiger partial charge in [0.15, 0.2) is 0 Å². The molecular formula is C8H16NO8P. The molecule has 106 valence electrons. The van der Waals surface area contributed by atoms with Crippen LogP contribution in [0.5, 0.6) is 0 Å². The van der Waals surface area contributed by atoms with Crippen molar-refractivity contribution in [3.05, 3.63) is 0 Å². The maximum Gasteiger partial charge on any atom is 0.469 e. The number of aliphatic hydroxyl groups excluding tert-OH is 2. The molecule has 1 saturated heterocycles. The minimum atomic E-state index is -4.66. The van der Waals surface area contributed by atoms with Crippen LogP contribution in [0.3, 0.4) is 0 Å². The number of hydrogen-bond acceptors (Lipinski definition) is 6. The minimum absolute atomic E-state index is 0.0903. The Kier molecular flexibility index (Phi) is 5.23. The van der Waals surface area contributed by atoms with Crippen LogP contribution >= 0.6 is 7.82 Å². The number of phosphoric ester groups is 1. The van der Waals surface area contributed by atoms with Crippen LogP contribution in [0.4, 0.5) is 0 Å². The first-order valence-corrected chi connectivity index (χ1v) is 6.68. The van der Waals surface area contributed by atoms with Crippen LogP contribution in [-0.2, 0) is 18.6 Å². The van der Waals surface area contributed by atoms with Crippen LogP contribution in [0.2, 0.25) is 0 Å². The van der Waals surface area contributed by atoms with Gasteiger partial charge in [0.1, 0.15) is 18.3 Å². The van der Waals surface area contributed by atoms with Gasteiger partial charge in [0.2, 0.25) is 5.91 Å². The van der Waals surface area contributed by atoms with Gasteiger partial charge in [-0.25, -0.2) is 4.57 Å². The van der Waals surface area contributed by atoms with Crippen LogP contribution in [0.1, 0.15) is 6.92 Å². The molecule has 0 aromatic carbocycles. The van der Waals surface area contributed by atoms with Gasteiger partial charge < -0.3 is 30.1 Å². The predicted octanol–water partition coefficient (Wildman–Crippen LogP) is -2.28. The Labute approximate surface area is 103 Å². The van der Waals surface area contributed by atoms with Crippen LogP contribution in [0, 0.1) is 0 Å². The summed E-state index contributed by atoms with van der Waals surface area (Å²) < 4.78 is 19.8. The molecule has 1 rings (SSSR count). The number of hydrogen-bond donors (Lipinski definition) is 5. The molecule has 0 aromatic rings. The van der Waals surface area contributed by atoms with E-state index in [2.05, 4.69) is 9.84 Å². The highest BCUT2D eigenvalue weighted by Crippen LogP contribution is 2.36. The standard InChI is InChI=1S/C8H16NO8P/c1-4(10)9-5-2-16-6(8(12)7(5)11)3-17-18(13,14)15/h5-8,11-12H,2-3H2,1H3,(H,9,10)(H2,13,14,15)/t5-,6-,7-,8-/m1/s1. The summed E-state index contributed by atoms with van der Waals surface area (Å²) >= 11 is 0. The molecule has 18 heavy (non-hydrogen) atoms. The third kappa shape index (κ3) is 4.62. The average Bonchev–Trinajstić information content (AvgIpc) is 2.22. The molecule has 0 radical (unpaired) electrons. The van der Waals surface area contributed by atoms with Gasteiger partial charge in [0.05, 0.1) is 19.3 Å². The lowest BCUT2D eigenvalue weighted by atomic mass is 9.98. The number of rotatable bonds is 4. The lowest BCUT2D eigenvalue weighted by molar-refractivity contribution is -0.163. The second-order valence-corrected chi connectivity index (χ2v) is 5.19. The molecule has 0 unspecified atom stereocenters. The summed E-state index contributed by atoms with van der Waals surface area (Å²) in [7, 11) is -4.66. The van der Waals surface area contributed by atoms with Crippen molar-refractivity contribution in [3.63, 3.8) is 0 Å². The summed E-state index contributed by atoms with van der Waals surface area (Å²) in [6.45, 7) is 0.602. The Morgan fingerprint density at radius 3 is 2.56 bits per heavy atom. The maximum absolute atomic E-state index is 10.8. The fourth-order valence-corrected chi connectivity index (χ4v) is 1.93. The van der Waals surface area contributed by atoms with Crippen molar-refractivity contribution in [2.75, 3.05) is 13.2 Å². The van der Waals surface area contributed by atoms with E-state index in [1.807, 2.05) is 0 Å². The van der Waals surface area contributed by atoms with Gasteiger partial charge in [-0.2, -0.15) is 0 Å². The lowest BCUT2D eigenvalue weighted by Gasteiger charge is -2.37. The molecule has 0 aliphatic carbocycles. The van der Waals surface area contributed by atoms with Crippen LogP contribution in [-0.4, -0.2) is 63.5 Å². The number of carbonyl (C=O) groups excluding carboxylic acids is 1. The van der Waals surface area contributed by atoms with Gasteiger partial charge in [0, 0.05) is 6.92 Å². The van der Waals surface area contributed by atoms with Crippen molar-refractivity contribution in [2.45, 2.75) is 31.3 Å². The van der Waals surface area contributed by atoms with Gasteiger partial charge in [-0.05, 0) is 0 Å². The van der Waals surface area contributed by atoms with E-state index in [9.17, 15) is 19.6 Å². The number of carbonyl (C=O) groups is 1. The van der Waals surface area contributed by atoms with Crippen LogP contribution in [0.25, 0.3) is 0 Å². The Balaban J connectivity index is 2.52. The molecule has 9 nitrogen and oxygen atoms in total. The highest BCUT2D eigenvalue weighted by Gasteiger charge is 2.39. The number of nitrogens with one attached hydrogen (secondary N) is 1. The number of aliphatic hydroxyl groups is 2. The van der Waals surface area contributed by atoms with Crippen LogP contribution < -0.4 is 5.32 Å². The summed E-state index contributed by atoms with van der Waals surface area (Å²) in [6, 6.07) is -0.774. The summed E-state index contributed by atoms with van der Waals surface area (Å²) in [5.41, 5.74) is 0. The number of ether oxygens (including phenoxy) is 1. The zero-order valence-corrected chi connectivity index (χ0v) is 10.5. The monoisotopic (exact) mass is 285 g/mol. The first-order valence-electron chi connectivity index (χ1n) is 5.15. The zero-order chi connectivity index (χ0) is 13.9. The Morgan fingerprint density at radius 1 is 1.44 bits per heavy atom. The molecule has 10 heteroatoms. The van der Waals surface area contributed by atoms with E-state index in [4.69, 9.17) is 14.5 Å². The van der Waals surface area contributed by atoms with Gasteiger partial charge in [-0.3, -0.25) is 9.32 Å². The first kappa shape index (κ1) is 15.5. The molecule has 4 atom stereocenters. The Morgan fingerprint density at radius 2 is 2.06 bits per heavy atom. The molecule has 1 aliphatic heterocycles. The van der Waals surface area contributed by atoms with Gasteiger partial charge in [-0.1, -0.05) is 0 Å². The average molecular weight is 285 g/mol. The predicted molar refractivity (Wildman–Crippen MR) is 57.4 cm³/mol. The van der Waals surface area contributed by atoms with Gasteiger partial charge >= 0.3 is 7.82 Å². The molecule has 0 bridgehead atoms. The van der Waals surface area contributed by atoms with Crippen molar-refractivity contribution in [3.8, 4) is 0 Å². The second kappa shape index (κ2) is 6.07. The van der Waals surface area contributed by atoms with Crippen LogP contribution in [0.15, 0.2) is 0 Å². The highest BCUT2D eigenvalue weighted by atomic mass is 31.2. The van der Waals surface area contributed by atoms with Crippen molar-refractivity contribution in [1.82, 2.24) is 5.32 Å². The van der Waals surface area contributed by atoms with E-state index in [0.29, 0.717) is 0 Å². The topological polar surface area (TPSA) is 146 Å². The smallest absolute Gasteiger partial charge is 0.388 e. The van der Waals surface area contributed by atoms with E-state index >= 15 is 0 Å². The molecule has 1 fully saturated rings. The number of phosphoric acid groups is 1. The van der Waals surface area contributed by atoms with E-state index < -0.39 is 38.8 Å². The highest BCUT2D eigenvalue weighted by molar-refractivity contribution is 7.46. The Hall–Kier alpha value is -0.540. The second-order valence-electron chi connectivity index (χ2n) is 3.95. The summed E-state index contributed by atoms with van der Waals surface area (Å²) in [5, 5.41) is 21.7.